The number of hydrogen-bond donors (Lipinski definition) is 2. The zero-order valence-corrected chi connectivity index (χ0v) is 12.8. The number of rotatable bonds is 14. The third-order valence-corrected chi connectivity index (χ3v) is 3.41. The van der Waals surface area contributed by atoms with E-state index in [0.29, 0.717) is 6.54 Å². The van der Waals surface area contributed by atoms with Crippen LogP contribution in [0.25, 0.3) is 0 Å². The Bertz CT molecular complexity index is 197. The van der Waals surface area contributed by atoms with E-state index in [2.05, 4.69) is 18.4 Å². The highest BCUT2D eigenvalue weighted by molar-refractivity contribution is 4.66. The maximum Gasteiger partial charge on any atom is 0.0789 e. The molecule has 0 radical (unpaired) electrons. The van der Waals surface area contributed by atoms with E-state index in [0.717, 1.165) is 32.5 Å². The second-order valence-electron chi connectivity index (χ2n) is 5.39. The highest BCUT2D eigenvalue weighted by Crippen LogP contribution is 2.08. The van der Waals surface area contributed by atoms with Gasteiger partial charge in [0.25, 0.3) is 0 Å². The summed E-state index contributed by atoms with van der Waals surface area (Å²) in [6.07, 6.45) is 11.7. The smallest absolute Gasteiger partial charge is 0.0789 e. The van der Waals surface area contributed by atoms with Gasteiger partial charge in [0.1, 0.15) is 0 Å². The maximum absolute atomic E-state index is 9.60. The fourth-order valence-electron chi connectivity index (χ4n) is 2.31. The van der Waals surface area contributed by atoms with Crippen molar-refractivity contribution in [1.82, 2.24) is 4.90 Å². The first kappa shape index (κ1) is 18.6. The minimum atomic E-state index is -0.370. The molecule has 1 atom stereocenters. The van der Waals surface area contributed by atoms with Crippen molar-refractivity contribution in [2.75, 3.05) is 26.2 Å². The van der Waals surface area contributed by atoms with Gasteiger partial charge in [-0.2, -0.15) is 0 Å². The van der Waals surface area contributed by atoms with Crippen LogP contribution in [0, 0.1) is 0 Å². The number of hydrogen-bond acceptors (Lipinski definition) is 3. The highest BCUT2D eigenvalue weighted by Gasteiger charge is 2.08. The summed E-state index contributed by atoms with van der Waals surface area (Å²) in [5.74, 6) is 0. The fourth-order valence-corrected chi connectivity index (χ4v) is 2.31. The lowest BCUT2D eigenvalue weighted by atomic mass is 10.1. The third kappa shape index (κ3) is 12.4. The number of allylic oxidation sites excluding steroid dienone is 1. The molecule has 0 aromatic rings. The monoisotopic (exact) mass is 270 g/mol. The quantitative estimate of drug-likeness (QED) is 0.377. The number of unbranched alkanes of at least 4 members (excludes halogenated alkanes) is 6. The molecule has 0 aliphatic carbocycles. The Morgan fingerprint density at radius 3 is 2.32 bits per heavy atom. The third-order valence-electron chi connectivity index (χ3n) is 3.41. The van der Waals surface area contributed by atoms with Crippen molar-refractivity contribution in [3.05, 3.63) is 12.7 Å². The van der Waals surface area contributed by atoms with Crippen molar-refractivity contribution in [3.8, 4) is 0 Å². The van der Waals surface area contributed by atoms with Crippen molar-refractivity contribution in [3.63, 3.8) is 0 Å². The first-order valence-electron chi connectivity index (χ1n) is 7.96. The van der Waals surface area contributed by atoms with Crippen LogP contribution in [-0.4, -0.2) is 42.3 Å². The molecule has 0 rings (SSSR count). The molecule has 0 spiro atoms. The molecule has 0 aromatic carbocycles. The maximum atomic E-state index is 9.60. The van der Waals surface area contributed by atoms with Crippen molar-refractivity contribution >= 4 is 0 Å². The van der Waals surface area contributed by atoms with E-state index in [-0.39, 0.29) is 6.10 Å². The van der Waals surface area contributed by atoms with Crippen molar-refractivity contribution < 1.29 is 5.11 Å². The Morgan fingerprint density at radius 2 is 1.74 bits per heavy atom. The lowest BCUT2D eigenvalue weighted by Crippen LogP contribution is -2.37. The average molecular weight is 270 g/mol. The van der Waals surface area contributed by atoms with E-state index >= 15 is 0 Å². The van der Waals surface area contributed by atoms with Crippen LogP contribution in [-0.2, 0) is 0 Å². The first-order chi connectivity index (χ1) is 9.24. The molecule has 0 amide bonds. The van der Waals surface area contributed by atoms with E-state index in [9.17, 15) is 5.11 Å². The van der Waals surface area contributed by atoms with Crippen LogP contribution in [0.1, 0.15) is 58.3 Å². The summed E-state index contributed by atoms with van der Waals surface area (Å²) in [6, 6.07) is 0. The summed E-state index contributed by atoms with van der Waals surface area (Å²) in [7, 11) is 0. The molecule has 3 nitrogen and oxygen atoms in total. The van der Waals surface area contributed by atoms with Gasteiger partial charge in [-0.3, -0.25) is 0 Å². The Morgan fingerprint density at radius 1 is 1.11 bits per heavy atom. The van der Waals surface area contributed by atoms with Crippen molar-refractivity contribution in [2.45, 2.75) is 64.4 Å². The molecule has 0 saturated carbocycles. The number of nitrogens with zero attached hydrogens (tertiary/aromatic N) is 1. The molecule has 0 aliphatic heterocycles. The summed E-state index contributed by atoms with van der Waals surface area (Å²) in [6.45, 7) is 9.17. The van der Waals surface area contributed by atoms with Crippen LogP contribution in [0.5, 0.6) is 0 Å². The van der Waals surface area contributed by atoms with Gasteiger partial charge >= 0.3 is 0 Å². The van der Waals surface area contributed by atoms with E-state index < -0.39 is 0 Å². The summed E-state index contributed by atoms with van der Waals surface area (Å²) < 4.78 is 0. The molecule has 3 N–H and O–H groups in total. The van der Waals surface area contributed by atoms with E-state index in [4.69, 9.17) is 5.73 Å². The lowest BCUT2D eigenvalue weighted by Gasteiger charge is -2.23. The topological polar surface area (TPSA) is 49.5 Å². The zero-order chi connectivity index (χ0) is 14.3. The second kappa shape index (κ2) is 14.0. The van der Waals surface area contributed by atoms with E-state index in [1.807, 2.05) is 6.08 Å². The Kier molecular flexibility index (Phi) is 13.8. The standard InChI is InChI=1S/C16H34N2O/c1-3-5-6-7-8-9-10-11-13-18(12-4-2)15-16(19)14-17/h3,16,19H,1,4-15,17H2,2H3. The molecule has 1 unspecified atom stereocenters. The fraction of sp³-hybridized carbons (Fsp3) is 0.875. The largest absolute Gasteiger partial charge is 0.390 e. The molecular formula is C16H34N2O. The summed E-state index contributed by atoms with van der Waals surface area (Å²) >= 11 is 0. The molecular weight excluding hydrogens is 236 g/mol. The Balaban J connectivity index is 3.49. The molecule has 19 heavy (non-hydrogen) atoms. The van der Waals surface area contributed by atoms with E-state index in [1.54, 1.807) is 0 Å². The molecule has 3 heteroatoms. The predicted octanol–water partition coefficient (Wildman–Crippen LogP) is 2.93. The van der Waals surface area contributed by atoms with Gasteiger partial charge in [0.15, 0.2) is 0 Å². The van der Waals surface area contributed by atoms with Crippen LogP contribution in [0.4, 0.5) is 0 Å². The van der Waals surface area contributed by atoms with Crippen molar-refractivity contribution in [2.24, 2.45) is 5.73 Å². The van der Waals surface area contributed by atoms with Crippen LogP contribution in [0.3, 0.4) is 0 Å². The Hall–Kier alpha value is -0.380. The normalized spacial score (nSPS) is 12.8. The van der Waals surface area contributed by atoms with Gasteiger partial charge in [0.2, 0.25) is 0 Å². The van der Waals surface area contributed by atoms with Gasteiger partial charge in [-0.05, 0) is 38.8 Å². The number of aliphatic hydroxyl groups excluding tert-OH is 1. The van der Waals surface area contributed by atoms with Crippen LogP contribution >= 0.6 is 0 Å². The first-order valence-corrected chi connectivity index (χ1v) is 7.96. The van der Waals surface area contributed by atoms with Gasteiger partial charge in [0.05, 0.1) is 6.10 Å². The highest BCUT2D eigenvalue weighted by atomic mass is 16.3. The van der Waals surface area contributed by atoms with E-state index in [1.165, 1.54) is 38.5 Å². The molecule has 0 bridgehead atoms. The molecule has 0 saturated heterocycles. The number of aliphatic hydroxyl groups is 1. The Labute approximate surface area is 119 Å². The molecule has 0 heterocycles. The zero-order valence-electron chi connectivity index (χ0n) is 12.8. The van der Waals surface area contributed by atoms with Crippen LogP contribution in [0.15, 0.2) is 12.7 Å². The van der Waals surface area contributed by atoms with Gasteiger partial charge in [-0.25, -0.2) is 0 Å². The second-order valence-corrected chi connectivity index (χ2v) is 5.39. The van der Waals surface area contributed by atoms with Crippen LogP contribution < -0.4 is 5.73 Å². The molecule has 0 aliphatic rings. The van der Waals surface area contributed by atoms with Gasteiger partial charge in [-0.1, -0.05) is 38.7 Å². The van der Waals surface area contributed by atoms with Gasteiger partial charge in [-0.15, -0.1) is 6.58 Å². The molecule has 0 aromatic heterocycles. The molecule has 0 fully saturated rings. The number of nitrogens with two attached hydrogens (primary N) is 1. The summed E-state index contributed by atoms with van der Waals surface area (Å²) in [4.78, 5) is 2.34. The predicted molar refractivity (Wildman–Crippen MR) is 84.3 cm³/mol. The van der Waals surface area contributed by atoms with Crippen LogP contribution in [0.2, 0.25) is 0 Å². The average Bonchev–Trinajstić information content (AvgIpc) is 2.41. The van der Waals surface area contributed by atoms with Gasteiger partial charge < -0.3 is 15.7 Å². The summed E-state index contributed by atoms with van der Waals surface area (Å²) in [5.41, 5.74) is 5.47. The SMILES string of the molecule is C=CCCCCCCCCN(CCC)CC(O)CN. The minimum absolute atomic E-state index is 0.365. The molecule has 114 valence electrons. The lowest BCUT2D eigenvalue weighted by molar-refractivity contribution is 0.117. The summed E-state index contributed by atoms with van der Waals surface area (Å²) in [5, 5.41) is 9.60. The van der Waals surface area contributed by atoms with Gasteiger partial charge in [0, 0.05) is 13.1 Å². The van der Waals surface area contributed by atoms with Crippen molar-refractivity contribution in [1.29, 1.82) is 0 Å². The minimum Gasteiger partial charge on any atom is -0.390 e.